The van der Waals surface area contributed by atoms with Crippen LogP contribution in [0.1, 0.15) is 24.0 Å². The second kappa shape index (κ2) is 5.78. The second-order valence-corrected chi connectivity index (χ2v) is 5.44. The number of halogens is 4. The number of carbonyl (C=O) groups is 1. The number of rotatable bonds is 2. The third-order valence-corrected chi connectivity index (χ3v) is 4.13. The fraction of sp³-hybridized carbons (Fsp3) is 0.429. The van der Waals surface area contributed by atoms with Crippen LogP contribution in [-0.4, -0.2) is 29.3 Å². The monoisotopic (exact) mass is 332 g/mol. The van der Waals surface area contributed by atoms with Gasteiger partial charge in [-0.05, 0) is 25.0 Å². The Labute approximate surface area is 129 Å². The van der Waals surface area contributed by atoms with Gasteiger partial charge in [0.1, 0.15) is 6.07 Å². The standard InChI is InChI=1S/C14H12ClF3N2O2/c1-7-2-3-9(8(6-19)12(7)15)20-10(4-5-11(20)21)13(22)14(16,17)18/h2-3,10,13,22H,4-5H2,1H3/t10-,13-/m1/s1. The van der Waals surface area contributed by atoms with Gasteiger partial charge in [0.25, 0.3) is 0 Å². The van der Waals surface area contributed by atoms with E-state index in [9.17, 15) is 28.3 Å². The van der Waals surface area contributed by atoms with Crippen molar-refractivity contribution in [2.24, 2.45) is 0 Å². The van der Waals surface area contributed by atoms with Crippen LogP contribution in [-0.2, 0) is 4.79 Å². The SMILES string of the molecule is Cc1ccc(N2C(=O)CC[C@@H]2[C@@H](O)C(F)(F)F)c(C#N)c1Cl. The first-order valence-electron chi connectivity index (χ1n) is 6.44. The Kier molecular flexibility index (Phi) is 4.36. The Hall–Kier alpha value is -1.78. The minimum Gasteiger partial charge on any atom is -0.382 e. The fourth-order valence-corrected chi connectivity index (χ4v) is 2.72. The quantitative estimate of drug-likeness (QED) is 0.905. The molecule has 2 atom stereocenters. The van der Waals surface area contributed by atoms with Crippen molar-refractivity contribution >= 4 is 23.2 Å². The molecule has 0 unspecified atom stereocenters. The van der Waals surface area contributed by atoms with Gasteiger partial charge in [-0.25, -0.2) is 0 Å². The highest BCUT2D eigenvalue weighted by Crippen LogP contribution is 2.38. The second-order valence-electron chi connectivity index (χ2n) is 5.06. The van der Waals surface area contributed by atoms with Gasteiger partial charge in [0.15, 0.2) is 6.10 Å². The van der Waals surface area contributed by atoms with Gasteiger partial charge in [0, 0.05) is 6.42 Å². The molecule has 1 aromatic carbocycles. The first-order chi connectivity index (χ1) is 10.2. The van der Waals surface area contributed by atoms with E-state index in [1.807, 2.05) is 6.07 Å². The first-order valence-corrected chi connectivity index (χ1v) is 6.82. The molecule has 4 nitrogen and oxygen atoms in total. The number of alkyl halides is 3. The summed E-state index contributed by atoms with van der Waals surface area (Å²) in [5.74, 6) is -0.579. The summed E-state index contributed by atoms with van der Waals surface area (Å²) in [5, 5.41) is 18.8. The minimum absolute atomic E-state index is 0.00565. The van der Waals surface area contributed by atoms with Crippen LogP contribution in [0.2, 0.25) is 5.02 Å². The molecule has 0 bridgehead atoms. The van der Waals surface area contributed by atoms with Gasteiger partial charge in [-0.3, -0.25) is 4.79 Å². The molecule has 1 saturated heterocycles. The van der Waals surface area contributed by atoms with Crippen LogP contribution in [0.5, 0.6) is 0 Å². The zero-order valence-electron chi connectivity index (χ0n) is 11.5. The molecule has 22 heavy (non-hydrogen) atoms. The lowest BCUT2D eigenvalue weighted by Crippen LogP contribution is -2.48. The van der Waals surface area contributed by atoms with E-state index in [1.165, 1.54) is 12.1 Å². The highest BCUT2D eigenvalue weighted by Gasteiger charge is 2.50. The lowest BCUT2D eigenvalue weighted by Gasteiger charge is -2.30. The molecule has 1 aliphatic heterocycles. The summed E-state index contributed by atoms with van der Waals surface area (Å²) in [7, 11) is 0. The van der Waals surface area contributed by atoms with E-state index < -0.39 is 24.2 Å². The average Bonchev–Trinajstić information content (AvgIpc) is 2.81. The molecule has 2 rings (SSSR count). The van der Waals surface area contributed by atoms with Crippen molar-refractivity contribution in [1.29, 1.82) is 5.26 Å². The van der Waals surface area contributed by atoms with Gasteiger partial charge < -0.3 is 10.0 Å². The number of aryl methyl sites for hydroxylation is 1. The lowest BCUT2D eigenvalue weighted by atomic mass is 10.0. The maximum Gasteiger partial charge on any atom is 0.416 e. The average molecular weight is 333 g/mol. The Morgan fingerprint density at radius 2 is 2.14 bits per heavy atom. The third kappa shape index (κ3) is 2.76. The zero-order valence-corrected chi connectivity index (χ0v) is 12.2. The third-order valence-electron chi connectivity index (χ3n) is 3.64. The molecule has 0 spiro atoms. The number of hydrogen-bond donors (Lipinski definition) is 1. The lowest BCUT2D eigenvalue weighted by molar-refractivity contribution is -0.209. The highest BCUT2D eigenvalue weighted by atomic mass is 35.5. The zero-order chi connectivity index (χ0) is 16.7. The molecule has 118 valence electrons. The van der Waals surface area contributed by atoms with Crippen molar-refractivity contribution in [3.63, 3.8) is 0 Å². The molecule has 0 saturated carbocycles. The van der Waals surface area contributed by atoms with Gasteiger partial charge >= 0.3 is 6.18 Å². The number of carbonyl (C=O) groups excluding carboxylic acids is 1. The molecule has 1 aromatic rings. The van der Waals surface area contributed by atoms with Crippen molar-refractivity contribution < 1.29 is 23.1 Å². The van der Waals surface area contributed by atoms with E-state index in [0.717, 1.165) is 4.90 Å². The Morgan fingerprint density at radius 3 is 2.68 bits per heavy atom. The number of amides is 1. The van der Waals surface area contributed by atoms with Crippen molar-refractivity contribution in [1.82, 2.24) is 0 Å². The molecule has 1 amide bonds. The van der Waals surface area contributed by atoms with Crippen LogP contribution in [0, 0.1) is 18.3 Å². The molecule has 0 aromatic heterocycles. The van der Waals surface area contributed by atoms with Gasteiger partial charge in [0.2, 0.25) is 5.91 Å². The number of anilines is 1. The summed E-state index contributed by atoms with van der Waals surface area (Å²) >= 11 is 6.00. The Bertz CT molecular complexity index is 655. The molecular weight excluding hydrogens is 321 g/mol. The van der Waals surface area contributed by atoms with Crippen LogP contribution < -0.4 is 4.90 Å². The summed E-state index contributed by atoms with van der Waals surface area (Å²) in [6.45, 7) is 1.64. The summed E-state index contributed by atoms with van der Waals surface area (Å²) in [6, 6.07) is 3.24. The smallest absolute Gasteiger partial charge is 0.382 e. The molecule has 1 heterocycles. The van der Waals surface area contributed by atoms with Crippen molar-refractivity contribution in [2.75, 3.05) is 4.90 Å². The fourth-order valence-electron chi connectivity index (χ4n) is 2.51. The van der Waals surface area contributed by atoms with Crippen LogP contribution in [0.25, 0.3) is 0 Å². The van der Waals surface area contributed by atoms with Gasteiger partial charge in [-0.15, -0.1) is 0 Å². The number of nitrogens with zero attached hydrogens (tertiary/aromatic N) is 2. The van der Waals surface area contributed by atoms with Crippen molar-refractivity contribution in [3.05, 3.63) is 28.3 Å². The van der Waals surface area contributed by atoms with E-state index in [2.05, 4.69) is 0 Å². The molecule has 0 radical (unpaired) electrons. The number of benzene rings is 1. The highest BCUT2D eigenvalue weighted by molar-refractivity contribution is 6.33. The van der Waals surface area contributed by atoms with Crippen molar-refractivity contribution in [2.45, 2.75) is 38.1 Å². The first kappa shape index (κ1) is 16.6. The largest absolute Gasteiger partial charge is 0.416 e. The van der Waals surface area contributed by atoms with Crippen LogP contribution >= 0.6 is 11.6 Å². The van der Waals surface area contributed by atoms with Crippen LogP contribution in [0.4, 0.5) is 18.9 Å². The van der Waals surface area contributed by atoms with E-state index in [1.54, 1.807) is 6.92 Å². The van der Waals surface area contributed by atoms with E-state index in [-0.39, 0.29) is 29.1 Å². The molecule has 8 heteroatoms. The van der Waals surface area contributed by atoms with E-state index in [4.69, 9.17) is 11.6 Å². The normalized spacial score (nSPS) is 20.1. The Balaban J connectivity index is 2.52. The molecule has 1 aliphatic rings. The Morgan fingerprint density at radius 1 is 1.50 bits per heavy atom. The number of aliphatic hydroxyl groups is 1. The van der Waals surface area contributed by atoms with Gasteiger partial charge in [-0.2, -0.15) is 18.4 Å². The summed E-state index contributed by atoms with van der Waals surface area (Å²) in [4.78, 5) is 12.8. The minimum atomic E-state index is -4.85. The van der Waals surface area contributed by atoms with Crippen LogP contribution in [0.15, 0.2) is 12.1 Å². The van der Waals surface area contributed by atoms with Crippen LogP contribution in [0.3, 0.4) is 0 Å². The molecular formula is C14H12ClF3N2O2. The topological polar surface area (TPSA) is 64.3 Å². The van der Waals surface area contributed by atoms with E-state index in [0.29, 0.717) is 5.56 Å². The predicted octanol–water partition coefficient (Wildman–Crippen LogP) is 2.94. The van der Waals surface area contributed by atoms with Crippen molar-refractivity contribution in [3.8, 4) is 6.07 Å². The maximum atomic E-state index is 12.8. The number of aliphatic hydroxyl groups excluding tert-OH is 1. The van der Waals surface area contributed by atoms with Gasteiger partial charge in [0.05, 0.1) is 22.3 Å². The maximum absolute atomic E-state index is 12.8. The summed E-state index contributed by atoms with van der Waals surface area (Å²) < 4.78 is 38.3. The molecule has 1 N–H and O–H groups in total. The summed E-state index contributed by atoms with van der Waals surface area (Å²) in [5.41, 5.74) is 0.492. The number of nitriles is 1. The van der Waals surface area contributed by atoms with Gasteiger partial charge in [-0.1, -0.05) is 17.7 Å². The molecule has 1 fully saturated rings. The van der Waals surface area contributed by atoms with E-state index >= 15 is 0 Å². The molecule has 0 aliphatic carbocycles. The number of hydrogen-bond acceptors (Lipinski definition) is 3. The summed E-state index contributed by atoms with van der Waals surface area (Å²) in [6.07, 6.45) is -7.80. The predicted molar refractivity (Wildman–Crippen MR) is 73.5 cm³/mol.